The molecular formula is C22H21ClN4O5. The van der Waals surface area contributed by atoms with E-state index in [1.807, 2.05) is 36.7 Å². The maximum Gasteiger partial charge on any atom is 0.310 e. The lowest BCUT2D eigenvalue weighted by Crippen LogP contribution is -2.38. The van der Waals surface area contributed by atoms with Crippen molar-refractivity contribution in [2.75, 3.05) is 5.73 Å². The predicted molar refractivity (Wildman–Crippen MR) is 114 cm³/mol. The fourth-order valence-corrected chi connectivity index (χ4v) is 5.12. The maximum atomic E-state index is 12.4. The molecule has 166 valence electrons. The maximum absolute atomic E-state index is 12.4. The van der Waals surface area contributed by atoms with Gasteiger partial charge in [-0.15, -0.1) is 0 Å². The molecule has 2 aromatic heterocycles. The van der Waals surface area contributed by atoms with Crippen LogP contribution in [0.3, 0.4) is 0 Å². The summed E-state index contributed by atoms with van der Waals surface area (Å²) in [5.41, 5.74) is 8.32. The molecule has 1 aromatic carbocycles. The van der Waals surface area contributed by atoms with E-state index in [2.05, 4.69) is 9.97 Å². The van der Waals surface area contributed by atoms with E-state index in [4.69, 9.17) is 36.3 Å². The van der Waals surface area contributed by atoms with E-state index in [1.165, 1.54) is 6.33 Å². The number of fused-ring (bicyclic) bond motifs is 3. The molecule has 0 radical (unpaired) electrons. The van der Waals surface area contributed by atoms with E-state index in [9.17, 15) is 4.79 Å². The van der Waals surface area contributed by atoms with Gasteiger partial charge in [0.05, 0.1) is 11.8 Å². The molecule has 6 rings (SSSR count). The molecule has 0 saturated carbocycles. The number of nitrogen functional groups attached to an aromatic ring is 1. The Kier molecular flexibility index (Phi) is 4.29. The van der Waals surface area contributed by atoms with Crippen LogP contribution in [0.2, 0.25) is 5.02 Å². The van der Waals surface area contributed by atoms with Gasteiger partial charge < -0.3 is 29.2 Å². The third-order valence-electron chi connectivity index (χ3n) is 6.18. The number of esters is 1. The molecule has 0 bridgehead atoms. The SMILES string of the molecule is CC1(C)O[C@H]2[C@@H](O1)[C@H](n1ccc3c(N)ncnc31)O[C@@H]2[C@@H]1OC(=O)Cc2cc(Cl)ccc21. The Bertz CT molecular complexity index is 1240. The minimum atomic E-state index is -0.825. The van der Waals surface area contributed by atoms with Crippen LogP contribution in [0.5, 0.6) is 0 Å². The summed E-state index contributed by atoms with van der Waals surface area (Å²) < 4.78 is 26.6. The van der Waals surface area contributed by atoms with E-state index in [0.717, 1.165) is 16.5 Å². The highest BCUT2D eigenvalue weighted by molar-refractivity contribution is 6.30. The van der Waals surface area contributed by atoms with E-state index in [1.54, 1.807) is 12.1 Å². The topological polar surface area (TPSA) is 111 Å². The quantitative estimate of drug-likeness (QED) is 0.586. The molecule has 5 atom stereocenters. The standard InChI is InChI=1S/C22H21ClN4O5/c1-22(2)31-17-16(15-12-4-3-11(23)7-10(12)8-14(28)29-15)30-21(18(17)32-22)27-6-5-13-19(24)25-9-26-20(13)27/h3-7,9,15-18,21H,8H2,1-2H3,(H2,24,25,26)/t15-,16-,17-,18-,21-/m1/s1. The van der Waals surface area contributed by atoms with Gasteiger partial charge in [-0.3, -0.25) is 4.79 Å². The van der Waals surface area contributed by atoms with Gasteiger partial charge >= 0.3 is 5.97 Å². The third kappa shape index (κ3) is 3.00. The number of benzene rings is 1. The van der Waals surface area contributed by atoms with Crippen molar-refractivity contribution in [2.24, 2.45) is 0 Å². The molecular weight excluding hydrogens is 436 g/mol. The van der Waals surface area contributed by atoms with Gasteiger partial charge in [0.15, 0.2) is 18.1 Å². The monoisotopic (exact) mass is 456 g/mol. The molecule has 3 aliphatic rings. The highest BCUT2D eigenvalue weighted by atomic mass is 35.5. The fourth-order valence-electron chi connectivity index (χ4n) is 4.92. The van der Waals surface area contributed by atoms with Crippen molar-refractivity contribution in [2.45, 2.75) is 56.7 Å². The molecule has 5 heterocycles. The first-order valence-electron chi connectivity index (χ1n) is 10.4. The van der Waals surface area contributed by atoms with Crippen LogP contribution in [0.25, 0.3) is 11.0 Å². The van der Waals surface area contributed by atoms with Crippen LogP contribution in [0.4, 0.5) is 5.82 Å². The van der Waals surface area contributed by atoms with Crippen LogP contribution in [0, 0.1) is 0 Å². The van der Waals surface area contributed by atoms with Crippen molar-refractivity contribution in [1.29, 1.82) is 0 Å². The Balaban J connectivity index is 1.43. The minimum absolute atomic E-state index is 0.165. The van der Waals surface area contributed by atoms with Gasteiger partial charge in [0, 0.05) is 11.2 Å². The number of anilines is 1. The van der Waals surface area contributed by atoms with Crippen LogP contribution in [-0.2, 0) is 30.2 Å². The number of rotatable bonds is 2. The number of halogens is 1. The summed E-state index contributed by atoms with van der Waals surface area (Å²) in [7, 11) is 0. The first kappa shape index (κ1) is 19.9. The Morgan fingerprint density at radius 2 is 1.97 bits per heavy atom. The smallest absolute Gasteiger partial charge is 0.310 e. The van der Waals surface area contributed by atoms with Crippen molar-refractivity contribution in [3.8, 4) is 0 Å². The number of carbonyl (C=O) groups is 1. The lowest BCUT2D eigenvalue weighted by atomic mass is 9.91. The molecule has 2 N–H and O–H groups in total. The highest BCUT2D eigenvalue weighted by Crippen LogP contribution is 2.49. The zero-order valence-electron chi connectivity index (χ0n) is 17.4. The zero-order chi connectivity index (χ0) is 22.2. The Labute approximate surface area is 188 Å². The Morgan fingerprint density at radius 1 is 1.16 bits per heavy atom. The van der Waals surface area contributed by atoms with Gasteiger partial charge in [-0.05, 0) is 43.2 Å². The van der Waals surface area contributed by atoms with Crippen LogP contribution in [-0.4, -0.2) is 44.6 Å². The summed E-state index contributed by atoms with van der Waals surface area (Å²) in [6.07, 6.45) is 0.705. The van der Waals surface area contributed by atoms with E-state index in [0.29, 0.717) is 16.5 Å². The molecule has 3 aliphatic heterocycles. The van der Waals surface area contributed by atoms with E-state index >= 15 is 0 Å². The minimum Gasteiger partial charge on any atom is -0.454 e. The third-order valence-corrected chi connectivity index (χ3v) is 6.42. The predicted octanol–water partition coefficient (Wildman–Crippen LogP) is 2.93. The Hall–Kier alpha value is -2.72. The van der Waals surface area contributed by atoms with E-state index < -0.39 is 36.4 Å². The second-order valence-electron chi connectivity index (χ2n) is 8.71. The van der Waals surface area contributed by atoms with Crippen molar-refractivity contribution in [3.63, 3.8) is 0 Å². The normalized spacial score (nSPS) is 30.8. The number of nitrogens with zero attached hydrogens (tertiary/aromatic N) is 3. The molecule has 32 heavy (non-hydrogen) atoms. The number of aromatic nitrogens is 3. The molecule has 3 aromatic rings. The number of hydrogen-bond acceptors (Lipinski definition) is 8. The van der Waals surface area contributed by atoms with Crippen molar-refractivity contribution in [3.05, 3.63) is 52.9 Å². The first-order valence-corrected chi connectivity index (χ1v) is 10.7. The van der Waals surface area contributed by atoms with Crippen molar-refractivity contribution in [1.82, 2.24) is 14.5 Å². The van der Waals surface area contributed by atoms with Crippen LogP contribution in [0.15, 0.2) is 36.8 Å². The number of hydrogen-bond donors (Lipinski definition) is 1. The van der Waals surface area contributed by atoms with Gasteiger partial charge in [0.25, 0.3) is 0 Å². The lowest BCUT2D eigenvalue weighted by Gasteiger charge is -2.32. The summed E-state index contributed by atoms with van der Waals surface area (Å²) in [5.74, 6) is -0.775. The molecule has 0 aliphatic carbocycles. The summed E-state index contributed by atoms with van der Waals surface area (Å²) in [5, 5.41) is 1.29. The van der Waals surface area contributed by atoms with Crippen LogP contribution >= 0.6 is 11.6 Å². The van der Waals surface area contributed by atoms with Crippen LogP contribution < -0.4 is 5.73 Å². The van der Waals surface area contributed by atoms with Crippen molar-refractivity contribution >= 4 is 34.4 Å². The average molecular weight is 457 g/mol. The van der Waals surface area contributed by atoms with Gasteiger partial charge in [0.2, 0.25) is 0 Å². The largest absolute Gasteiger partial charge is 0.454 e. The lowest BCUT2D eigenvalue weighted by molar-refractivity contribution is -0.212. The summed E-state index contributed by atoms with van der Waals surface area (Å²) in [6, 6.07) is 7.30. The molecule has 9 nitrogen and oxygen atoms in total. The summed E-state index contributed by atoms with van der Waals surface area (Å²) in [4.78, 5) is 20.9. The molecule has 0 amide bonds. The molecule has 0 spiro atoms. The van der Waals surface area contributed by atoms with Gasteiger partial charge in [-0.25, -0.2) is 9.97 Å². The molecule has 0 unspecified atom stereocenters. The number of cyclic esters (lactones) is 1. The summed E-state index contributed by atoms with van der Waals surface area (Å²) >= 11 is 6.16. The zero-order valence-corrected chi connectivity index (χ0v) is 18.2. The average Bonchev–Trinajstić information content (AvgIpc) is 3.38. The Morgan fingerprint density at radius 3 is 2.81 bits per heavy atom. The van der Waals surface area contributed by atoms with Gasteiger partial charge in [-0.1, -0.05) is 17.7 Å². The first-order chi connectivity index (χ1) is 15.3. The highest BCUT2D eigenvalue weighted by Gasteiger charge is 2.59. The molecule has 10 heteroatoms. The van der Waals surface area contributed by atoms with Gasteiger partial charge in [0.1, 0.15) is 36.1 Å². The number of nitrogens with two attached hydrogens (primary N) is 1. The van der Waals surface area contributed by atoms with E-state index in [-0.39, 0.29) is 12.4 Å². The second kappa shape index (κ2) is 6.89. The fraction of sp³-hybridized carbons (Fsp3) is 0.409. The van der Waals surface area contributed by atoms with Crippen LogP contribution in [0.1, 0.15) is 37.3 Å². The number of ether oxygens (including phenoxy) is 4. The molecule has 2 saturated heterocycles. The molecule has 2 fully saturated rings. The van der Waals surface area contributed by atoms with Gasteiger partial charge in [-0.2, -0.15) is 0 Å². The second-order valence-corrected chi connectivity index (χ2v) is 9.14. The van der Waals surface area contributed by atoms with Crippen molar-refractivity contribution < 1.29 is 23.7 Å². The number of carbonyl (C=O) groups excluding carboxylic acids is 1. The summed E-state index contributed by atoms with van der Waals surface area (Å²) in [6.45, 7) is 3.71.